The van der Waals surface area contributed by atoms with Crippen molar-refractivity contribution in [3.63, 3.8) is 0 Å². The summed E-state index contributed by atoms with van der Waals surface area (Å²) in [6, 6.07) is 14.3. The predicted octanol–water partition coefficient (Wildman–Crippen LogP) is 4.08. The molecule has 180 valence electrons. The first-order valence-electron chi connectivity index (χ1n) is 10.3. The fraction of sp³-hybridized carbons (Fsp3) is 0.292. The van der Waals surface area contributed by atoms with Gasteiger partial charge in [0, 0.05) is 0 Å². The first-order valence-corrected chi connectivity index (χ1v) is 12.7. The number of methoxy groups -OCH3 is 1. The van der Waals surface area contributed by atoms with Crippen molar-refractivity contribution in [2.24, 2.45) is 0 Å². The summed E-state index contributed by atoms with van der Waals surface area (Å²) in [6.45, 7) is 6.92. The summed E-state index contributed by atoms with van der Waals surface area (Å²) < 4.78 is 22.7. The quantitative estimate of drug-likeness (QED) is 0.157. The number of carbonyl (C=O) groups excluding carboxylic acids is 2. The van der Waals surface area contributed by atoms with E-state index in [4.69, 9.17) is 32.4 Å². The number of fused-ring (bicyclic) bond motifs is 1. The number of rotatable bonds is 8. The Morgan fingerprint density at radius 3 is 2.29 bits per heavy atom. The van der Waals surface area contributed by atoms with Crippen LogP contribution in [0.25, 0.3) is 11.1 Å². The number of likely N-dealkylation sites (tertiary alicyclic amines) is 1. The maximum Gasteiger partial charge on any atom is 0.333 e. The molecule has 2 aliphatic carbocycles. The lowest BCUT2D eigenvalue weighted by Gasteiger charge is -2.50. The number of β-lactam (4-membered cyclic amide) rings is 1. The molecule has 4 rings (SSSR count). The van der Waals surface area contributed by atoms with Gasteiger partial charge in [0.15, 0.2) is 16.7 Å². The van der Waals surface area contributed by atoms with E-state index in [0.717, 1.165) is 10.5 Å². The molecule has 1 aliphatic heterocycles. The molecule has 3 aliphatic rings. The van der Waals surface area contributed by atoms with Crippen LogP contribution in [0.5, 0.6) is 5.75 Å². The standard InChI is InChI=1S/C18H21ClN2O5S2.C6H4/c1-11(2)16(17(23)26-10-13-5-7-14(25-4)8-6-13)21-15(22)9-18(21,28(19)24)20-12(3)27;1-2-5-4-6(5)3-1/h5-8,16H,1,9-10H2,2-4H3,(H,20,27);1-4H. The molecular weight excluding hydrogens is 496 g/mol. The summed E-state index contributed by atoms with van der Waals surface area (Å²) in [5, 5.41) is 2.79. The van der Waals surface area contributed by atoms with Crippen LogP contribution in [0.4, 0.5) is 0 Å². The second kappa shape index (κ2) is 10.8. The summed E-state index contributed by atoms with van der Waals surface area (Å²) in [7, 11) is 5.38. The van der Waals surface area contributed by atoms with Crippen LogP contribution in [-0.4, -0.2) is 44.5 Å². The topological polar surface area (TPSA) is 90.9 Å². The SMILES string of the molecule is C=C(C)C(C(=O)OCc1ccc(OC)cc1)N1C(=O)CC1(NC(C)=S)[S+]([O-])Cl.c1cc2cc-2c1. The van der Waals surface area contributed by atoms with Crippen LogP contribution in [0.3, 0.4) is 0 Å². The number of hydrogen-bond acceptors (Lipinski definition) is 6. The zero-order chi connectivity index (χ0) is 25.0. The van der Waals surface area contributed by atoms with Gasteiger partial charge in [0.1, 0.15) is 29.2 Å². The number of carbonyl (C=O) groups is 2. The van der Waals surface area contributed by atoms with E-state index in [-0.39, 0.29) is 13.0 Å². The highest BCUT2D eigenvalue weighted by atomic mass is 35.7. The predicted molar refractivity (Wildman–Crippen MR) is 136 cm³/mol. The summed E-state index contributed by atoms with van der Waals surface area (Å²) >= 11 is 5.02. The van der Waals surface area contributed by atoms with Crippen LogP contribution in [0.1, 0.15) is 25.8 Å². The van der Waals surface area contributed by atoms with Crippen molar-refractivity contribution in [3.05, 3.63) is 66.2 Å². The molecule has 1 aromatic rings. The van der Waals surface area contributed by atoms with Crippen LogP contribution in [-0.2, 0) is 31.3 Å². The van der Waals surface area contributed by atoms with Crippen LogP contribution in [0, 0.1) is 0 Å². The number of thiocarbonyl (C=S) groups is 1. The van der Waals surface area contributed by atoms with Gasteiger partial charge < -0.3 is 19.3 Å². The van der Waals surface area contributed by atoms with E-state index < -0.39 is 33.3 Å². The van der Waals surface area contributed by atoms with Crippen LogP contribution >= 0.6 is 22.9 Å². The van der Waals surface area contributed by atoms with E-state index in [1.165, 1.54) is 11.1 Å². The molecule has 1 heterocycles. The van der Waals surface area contributed by atoms with Crippen molar-refractivity contribution in [2.75, 3.05) is 7.11 Å². The molecule has 1 N–H and O–H groups in total. The summed E-state index contributed by atoms with van der Waals surface area (Å²) in [5.74, 6) is -0.434. The van der Waals surface area contributed by atoms with Gasteiger partial charge in [-0.05, 0) is 54.3 Å². The Morgan fingerprint density at radius 2 is 1.91 bits per heavy atom. The second-order valence-electron chi connectivity index (χ2n) is 7.92. The van der Waals surface area contributed by atoms with Crippen LogP contribution in [0.2, 0.25) is 0 Å². The Labute approximate surface area is 211 Å². The molecule has 0 radical (unpaired) electrons. The molecule has 1 saturated heterocycles. The fourth-order valence-corrected chi connectivity index (χ4v) is 5.12. The number of nitrogens with zero attached hydrogens (tertiary/aromatic N) is 1. The Bertz CT molecular complexity index is 1090. The minimum absolute atomic E-state index is 0.00871. The largest absolute Gasteiger partial charge is 0.596 e. The average Bonchev–Trinajstić information content (AvgIpc) is 3.39. The lowest BCUT2D eigenvalue weighted by molar-refractivity contribution is -0.167. The van der Waals surface area contributed by atoms with E-state index in [9.17, 15) is 14.1 Å². The van der Waals surface area contributed by atoms with Crippen LogP contribution in [0.15, 0.2) is 60.7 Å². The Kier molecular flexibility index (Phi) is 8.25. The number of amides is 1. The van der Waals surface area contributed by atoms with Crippen molar-refractivity contribution < 1.29 is 23.6 Å². The number of esters is 1. The Hall–Kier alpha value is -2.59. The first-order chi connectivity index (χ1) is 16.1. The number of benzene rings is 2. The molecule has 0 bridgehead atoms. The molecule has 0 saturated carbocycles. The van der Waals surface area contributed by atoms with E-state index >= 15 is 0 Å². The monoisotopic (exact) mass is 520 g/mol. The summed E-state index contributed by atoms with van der Waals surface area (Å²) in [6.07, 6.45) is -0.160. The molecule has 0 aromatic heterocycles. The minimum Gasteiger partial charge on any atom is -0.596 e. The molecule has 0 spiro atoms. The van der Waals surface area contributed by atoms with Gasteiger partial charge in [-0.25, -0.2) is 4.79 Å². The van der Waals surface area contributed by atoms with Gasteiger partial charge in [-0.1, -0.05) is 49.1 Å². The average molecular weight is 521 g/mol. The molecule has 10 heteroatoms. The van der Waals surface area contributed by atoms with Gasteiger partial charge in [-0.2, -0.15) is 0 Å². The number of ether oxygens (including phenoxy) is 2. The Balaban J connectivity index is 0.000000457. The van der Waals surface area contributed by atoms with Gasteiger partial charge in [0.05, 0.1) is 12.1 Å². The van der Waals surface area contributed by atoms with Gasteiger partial charge in [0.2, 0.25) is 5.91 Å². The minimum atomic E-state index is -2.03. The van der Waals surface area contributed by atoms with Gasteiger partial charge in [0.25, 0.3) is 0 Å². The zero-order valence-corrected chi connectivity index (χ0v) is 21.4. The number of nitrogens with one attached hydrogen (secondary N) is 1. The smallest absolute Gasteiger partial charge is 0.333 e. The highest BCUT2D eigenvalue weighted by Gasteiger charge is 2.65. The molecule has 7 nitrogen and oxygen atoms in total. The lowest BCUT2D eigenvalue weighted by Crippen LogP contribution is -2.77. The van der Waals surface area contributed by atoms with Crippen molar-refractivity contribution in [2.45, 2.75) is 37.9 Å². The van der Waals surface area contributed by atoms with Crippen molar-refractivity contribution in [1.82, 2.24) is 10.2 Å². The van der Waals surface area contributed by atoms with Gasteiger partial charge in [-0.15, -0.1) is 0 Å². The molecule has 1 amide bonds. The van der Waals surface area contributed by atoms with Crippen molar-refractivity contribution >= 4 is 50.2 Å². The molecule has 3 atom stereocenters. The third kappa shape index (κ3) is 5.72. The third-order valence-electron chi connectivity index (χ3n) is 5.29. The molecule has 34 heavy (non-hydrogen) atoms. The van der Waals surface area contributed by atoms with Gasteiger partial charge >= 0.3 is 11.0 Å². The lowest BCUT2D eigenvalue weighted by atomic mass is 9.99. The highest BCUT2D eigenvalue weighted by Crippen LogP contribution is 2.40. The molecule has 1 aromatic carbocycles. The maximum absolute atomic E-state index is 12.8. The van der Waals surface area contributed by atoms with Crippen molar-refractivity contribution in [3.8, 4) is 16.9 Å². The number of hydrogen-bond donors (Lipinski definition) is 1. The number of halogens is 1. The normalized spacial score (nSPS) is 19.0. The summed E-state index contributed by atoms with van der Waals surface area (Å²) in [5.41, 5.74) is 3.94. The molecule has 1 fully saturated rings. The highest BCUT2D eigenvalue weighted by molar-refractivity contribution is 8.14. The molecule has 3 unspecified atom stereocenters. The van der Waals surface area contributed by atoms with Crippen LogP contribution < -0.4 is 10.1 Å². The van der Waals surface area contributed by atoms with E-state index in [1.807, 2.05) is 0 Å². The molecular formula is C24H25ClN2O5S2. The van der Waals surface area contributed by atoms with E-state index in [1.54, 1.807) is 45.2 Å². The van der Waals surface area contributed by atoms with Gasteiger partial charge in [-0.3, -0.25) is 9.69 Å². The van der Waals surface area contributed by atoms with Crippen molar-refractivity contribution in [1.29, 1.82) is 0 Å². The first kappa shape index (κ1) is 26.0. The fourth-order valence-electron chi connectivity index (χ4n) is 3.55. The maximum atomic E-state index is 12.8. The summed E-state index contributed by atoms with van der Waals surface area (Å²) in [4.78, 5) is 25.0. The second-order valence-corrected chi connectivity index (χ2v) is 10.5. The Morgan fingerprint density at radius 1 is 1.29 bits per heavy atom. The van der Waals surface area contributed by atoms with E-state index in [0.29, 0.717) is 16.3 Å². The van der Waals surface area contributed by atoms with E-state index in [2.05, 4.69) is 36.2 Å². The third-order valence-corrected chi connectivity index (χ3v) is 7.13. The zero-order valence-electron chi connectivity index (χ0n) is 19.0.